The van der Waals surface area contributed by atoms with Gasteiger partial charge in [0, 0.05) is 20.6 Å². The van der Waals surface area contributed by atoms with Crippen LogP contribution in [0.4, 0.5) is 0 Å². The number of rotatable bonds is 4. The fourth-order valence-corrected chi connectivity index (χ4v) is 2.65. The molecule has 2 fully saturated rings. The third kappa shape index (κ3) is 2.46. The first kappa shape index (κ1) is 12.8. The highest BCUT2D eigenvalue weighted by Crippen LogP contribution is 2.31. The highest BCUT2D eigenvalue weighted by atomic mass is 16.5. The molecule has 98 valence electrons. The summed E-state index contributed by atoms with van der Waals surface area (Å²) in [6.45, 7) is 3.10. The van der Waals surface area contributed by atoms with Crippen LogP contribution in [0.1, 0.15) is 12.8 Å². The molecule has 5 heteroatoms. The predicted molar refractivity (Wildman–Crippen MR) is 63.6 cm³/mol. The zero-order chi connectivity index (χ0) is 12.5. The van der Waals surface area contributed by atoms with Gasteiger partial charge in [-0.25, -0.2) is 0 Å². The second-order valence-electron chi connectivity index (χ2n) is 5.51. The molecule has 1 atom stereocenters. The number of hydrogen-bond donors (Lipinski definition) is 1. The number of aliphatic hydroxyl groups is 1. The van der Waals surface area contributed by atoms with Gasteiger partial charge in [-0.05, 0) is 19.4 Å². The minimum Gasteiger partial charge on any atom is -0.396 e. The van der Waals surface area contributed by atoms with Crippen molar-refractivity contribution < 1.29 is 14.6 Å². The van der Waals surface area contributed by atoms with Crippen molar-refractivity contribution in [3.63, 3.8) is 0 Å². The van der Waals surface area contributed by atoms with Crippen molar-refractivity contribution >= 4 is 5.91 Å². The number of aliphatic hydroxyl groups excluding tert-OH is 1. The molecular weight excluding hydrogens is 220 g/mol. The number of hydrogen-bond acceptors (Lipinski definition) is 4. The Kier molecular flexibility index (Phi) is 3.70. The Balaban J connectivity index is 1.97. The Morgan fingerprint density at radius 3 is 2.71 bits per heavy atom. The quantitative estimate of drug-likeness (QED) is 0.725. The molecule has 0 bridgehead atoms. The number of carbonyl (C=O) groups is 1. The molecule has 2 aliphatic rings. The van der Waals surface area contributed by atoms with E-state index in [-0.39, 0.29) is 24.0 Å². The maximum atomic E-state index is 12.0. The summed E-state index contributed by atoms with van der Waals surface area (Å²) >= 11 is 0. The van der Waals surface area contributed by atoms with Gasteiger partial charge in [-0.2, -0.15) is 0 Å². The standard InChI is InChI=1S/C12H22N2O3/c1-13(2)11(16)10-4-3-5-14(10)6-12(7-15)8-17-9-12/h10,15H,3-9H2,1-2H3. The van der Waals surface area contributed by atoms with Gasteiger partial charge >= 0.3 is 0 Å². The summed E-state index contributed by atoms with van der Waals surface area (Å²) in [6.07, 6.45) is 1.99. The van der Waals surface area contributed by atoms with E-state index in [0.717, 1.165) is 25.9 Å². The number of nitrogens with zero attached hydrogens (tertiary/aromatic N) is 2. The topological polar surface area (TPSA) is 53.0 Å². The lowest BCUT2D eigenvalue weighted by Crippen LogP contribution is -2.55. The van der Waals surface area contributed by atoms with Gasteiger partial charge < -0.3 is 14.7 Å². The van der Waals surface area contributed by atoms with Crippen molar-refractivity contribution in [1.29, 1.82) is 0 Å². The highest BCUT2D eigenvalue weighted by molar-refractivity contribution is 5.81. The number of likely N-dealkylation sites (tertiary alicyclic amines) is 1. The average Bonchev–Trinajstić information content (AvgIpc) is 2.70. The lowest BCUT2D eigenvalue weighted by atomic mass is 9.86. The van der Waals surface area contributed by atoms with E-state index in [0.29, 0.717) is 13.2 Å². The molecule has 2 rings (SSSR count). The minimum absolute atomic E-state index is 0.00553. The molecule has 1 N–H and O–H groups in total. The van der Waals surface area contributed by atoms with Crippen LogP contribution in [0.15, 0.2) is 0 Å². The average molecular weight is 242 g/mol. The summed E-state index contributed by atoms with van der Waals surface area (Å²) in [5.74, 6) is 0.177. The normalized spacial score (nSPS) is 27.8. The molecule has 0 aromatic carbocycles. The Morgan fingerprint density at radius 2 is 2.24 bits per heavy atom. The first-order chi connectivity index (χ1) is 8.08. The van der Waals surface area contributed by atoms with Crippen LogP contribution in [0.5, 0.6) is 0 Å². The number of carbonyl (C=O) groups excluding carboxylic acids is 1. The molecule has 0 saturated carbocycles. The Hall–Kier alpha value is -0.650. The Morgan fingerprint density at radius 1 is 1.53 bits per heavy atom. The summed E-state index contributed by atoms with van der Waals surface area (Å²) < 4.78 is 5.20. The fraction of sp³-hybridized carbons (Fsp3) is 0.917. The molecule has 2 aliphatic heterocycles. The second kappa shape index (κ2) is 4.92. The summed E-state index contributed by atoms with van der Waals surface area (Å²) in [5.41, 5.74) is -0.130. The SMILES string of the molecule is CN(C)C(=O)C1CCCN1CC1(CO)COC1. The van der Waals surface area contributed by atoms with Gasteiger partial charge in [0.2, 0.25) is 5.91 Å². The molecule has 1 amide bonds. The lowest BCUT2D eigenvalue weighted by molar-refractivity contribution is -0.154. The van der Waals surface area contributed by atoms with Gasteiger partial charge in [-0.1, -0.05) is 0 Å². The van der Waals surface area contributed by atoms with Crippen LogP contribution in [0.25, 0.3) is 0 Å². The van der Waals surface area contributed by atoms with Gasteiger partial charge in [-0.3, -0.25) is 9.69 Å². The van der Waals surface area contributed by atoms with Crippen LogP contribution < -0.4 is 0 Å². The van der Waals surface area contributed by atoms with Crippen molar-refractivity contribution in [3.8, 4) is 0 Å². The maximum absolute atomic E-state index is 12.0. The zero-order valence-electron chi connectivity index (χ0n) is 10.7. The minimum atomic E-state index is -0.130. The van der Waals surface area contributed by atoms with Crippen molar-refractivity contribution in [2.45, 2.75) is 18.9 Å². The molecular formula is C12H22N2O3. The number of ether oxygens (including phenoxy) is 1. The van der Waals surface area contributed by atoms with Crippen LogP contribution in [-0.4, -0.2) is 73.9 Å². The first-order valence-corrected chi connectivity index (χ1v) is 6.22. The number of amides is 1. The van der Waals surface area contributed by atoms with Crippen LogP contribution in [0, 0.1) is 5.41 Å². The largest absolute Gasteiger partial charge is 0.396 e. The third-order valence-corrected chi connectivity index (χ3v) is 3.78. The molecule has 0 aromatic heterocycles. The van der Waals surface area contributed by atoms with E-state index < -0.39 is 0 Å². The van der Waals surface area contributed by atoms with Gasteiger partial charge in [-0.15, -0.1) is 0 Å². The molecule has 0 aliphatic carbocycles. The molecule has 0 spiro atoms. The van der Waals surface area contributed by atoms with Gasteiger partial charge in [0.1, 0.15) is 0 Å². The van der Waals surface area contributed by atoms with Crippen LogP contribution in [-0.2, 0) is 9.53 Å². The van der Waals surface area contributed by atoms with E-state index >= 15 is 0 Å². The molecule has 5 nitrogen and oxygen atoms in total. The third-order valence-electron chi connectivity index (χ3n) is 3.78. The summed E-state index contributed by atoms with van der Waals surface area (Å²) in [5, 5.41) is 9.43. The monoisotopic (exact) mass is 242 g/mol. The van der Waals surface area contributed by atoms with E-state index in [4.69, 9.17) is 4.74 Å². The van der Waals surface area contributed by atoms with Crippen LogP contribution in [0.2, 0.25) is 0 Å². The van der Waals surface area contributed by atoms with E-state index in [1.807, 2.05) is 0 Å². The maximum Gasteiger partial charge on any atom is 0.239 e. The van der Waals surface area contributed by atoms with Crippen molar-refractivity contribution in [2.75, 3.05) is 47.0 Å². The summed E-state index contributed by atoms with van der Waals surface area (Å²) in [7, 11) is 3.60. The summed E-state index contributed by atoms with van der Waals surface area (Å²) in [4.78, 5) is 15.9. The Labute approximate surface area is 102 Å². The highest BCUT2D eigenvalue weighted by Gasteiger charge is 2.43. The molecule has 2 saturated heterocycles. The zero-order valence-corrected chi connectivity index (χ0v) is 10.7. The molecule has 0 radical (unpaired) electrons. The van der Waals surface area contributed by atoms with Gasteiger partial charge in [0.05, 0.1) is 31.3 Å². The second-order valence-corrected chi connectivity index (χ2v) is 5.51. The van der Waals surface area contributed by atoms with Crippen LogP contribution >= 0.6 is 0 Å². The van der Waals surface area contributed by atoms with Crippen molar-refractivity contribution in [2.24, 2.45) is 5.41 Å². The first-order valence-electron chi connectivity index (χ1n) is 6.22. The fourth-order valence-electron chi connectivity index (χ4n) is 2.65. The van der Waals surface area contributed by atoms with Crippen molar-refractivity contribution in [3.05, 3.63) is 0 Å². The van der Waals surface area contributed by atoms with E-state index in [1.165, 1.54) is 0 Å². The van der Waals surface area contributed by atoms with E-state index in [1.54, 1.807) is 19.0 Å². The Bertz CT molecular complexity index is 284. The van der Waals surface area contributed by atoms with Gasteiger partial charge in [0.15, 0.2) is 0 Å². The summed E-state index contributed by atoms with van der Waals surface area (Å²) in [6, 6.07) is -0.00553. The molecule has 17 heavy (non-hydrogen) atoms. The lowest BCUT2D eigenvalue weighted by Gasteiger charge is -2.43. The molecule has 1 unspecified atom stereocenters. The van der Waals surface area contributed by atoms with Gasteiger partial charge in [0.25, 0.3) is 0 Å². The van der Waals surface area contributed by atoms with E-state index in [2.05, 4.69) is 4.90 Å². The smallest absolute Gasteiger partial charge is 0.239 e. The number of likely N-dealkylation sites (N-methyl/N-ethyl adjacent to an activating group) is 1. The van der Waals surface area contributed by atoms with Crippen molar-refractivity contribution in [1.82, 2.24) is 9.80 Å². The van der Waals surface area contributed by atoms with E-state index in [9.17, 15) is 9.90 Å². The van der Waals surface area contributed by atoms with Crippen LogP contribution in [0.3, 0.4) is 0 Å². The predicted octanol–water partition coefficient (Wildman–Crippen LogP) is -0.452. The molecule has 0 aromatic rings. The molecule has 2 heterocycles.